The number of rotatable bonds is 4. The van der Waals surface area contributed by atoms with Crippen molar-refractivity contribution in [2.75, 3.05) is 20.2 Å². The van der Waals surface area contributed by atoms with Crippen molar-refractivity contribution in [3.63, 3.8) is 0 Å². The highest BCUT2D eigenvalue weighted by Crippen LogP contribution is 2.30. The van der Waals surface area contributed by atoms with Crippen molar-refractivity contribution in [3.8, 4) is 5.75 Å². The molecular formula is C14H20ClNO2. The number of halogens is 1. The van der Waals surface area contributed by atoms with Crippen LogP contribution in [-0.4, -0.2) is 36.3 Å². The van der Waals surface area contributed by atoms with Crippen LogP contribution in [0.4, 0.5) is 0 Å². The fourth-order valence-electron chi connectivity index (χ4n) is 2.37. The molecular weight excluding hydrogens is 250 g/mol. The second kappa shape index (κ2) is 5.91. The molecule has 1 saturated heterocycles. The number of likely N-dealkylation sites (N-methyl/N-ethyl adjacent to an activating group) is 1. The molecule has 1 N–H and O–H groups in total. The van der Waals surface area contributed by atoms with Gasteiger partial charge in [-0.2, -0.15) is 0 Å². The predicted octanol–water partition coefficient (Wildman–Crippen LogP) is 3.22. The molecule has 0 radical (unpaired) electrons. The zero-order valence-electron chi connectivity index (χ0n) is 10.9. The summed E-state index contributed by atoms with van der Waals surface area (Å²) >= 11 is 5.98. The van der Waals surface area contributed by atoms with E-state index in [1.165, 1.54) is 0 Å². The lowest BCUT2D eigenvalue weighted by molar-refractivity contribution is 0.0700. The highest BCUT2D eigenvalue weighted by Gasteiger charge is 2.22. The molecule has 1 heterocycles. The Hall–Kier alpha value is -0.770. The number of hydrogen-bond donors (Lipinski definition) is 1. The largest absolute Gasteiger partial charge is 0.508 e. The molecule has 0 bridgehead atoms. The molecule has 4 heteroatoms. The van der Waals surface area contributed by atoms with Crippen LogP contribution in [0.5, 0.6) is 5.75 Å². The molecule has 2 atom stereocenters. The summed E-state index contributed by atoms with van der Waals surface area (Å²) in [5.41, 5.74) is 0.864. The molecule has 1 aromatic rings. The second-order valence-electron chi connectivity index (χ2n) is 4.95. The van der Waals surface area contributed by atoms with E-state index in [0.717, 1.165) is 31.6 Å². The first-order chi connectivity index (χ1) is 8.58. The van der Waals surface area contributed by atoms with Crippen LogP contribution in [0.2, 0.25) is 5.02 Å². The van der Waals surface area contributed by atoms with E-state index < -0.39 is 0 Å². The maximum atomic E-state index is 9.90. The molecule has 0 aromatic heterocycles. The number of ether oxygens (including phenoxy) is 1. The number of aromatic hydroxyl groups is 1. The Labute approximate surface area is 113 Å². The molecule has 3 nitrogen and oxygen atoms in total. The topological polar surface area (TPSA) is 32.7 Å². The molecule has 0 spiro atoms. The van der Waals surface area contributed by atoms with Crippen molar-refractivity contribution < 1.29 is 9.84 Å². The Morgan fingerprint density at radius 1 is 1.56 bits per heavy atom. The van der Waals surface area contributed by atoms with Crippen LogP contribution in [0.15, 0.2) is 18.2 Å². The van der Waals surface area contributed by atoms with Crippen molar-refractivity contribution in [2.45, 2.75) is 31.9 Å². The van der Waals surface area contributed by atoms with Gasteiger partial charge in [0.05, 0.1) is 6.10 Å². The smallest absolute Gasteiger partial charge is 0.120 e. The van der Waals surface area contributed by atoms with Gasteiger partial charge >= 0.3 is 0 Å². The SMILES string of the molecule is CC(c1cc(Cl)ccc1O)N(C)CC1CCCO1. The zero-order valence-corrected chi connectivity index (χ0v) is 11.7. The van der Waals surface area contributed by atoms with Crippen LogP contribution in [0.3, 0.4) is 0 Å². The molecule has 1 aliphatic rings. The Balaban J connectivity index is 2.04. The number of benzene rings is 1. The summed E-state index contributed by atoms with van der Waals surface area (Å²) in [6.07, 6.45) is 2.59. The normalized spacial score (nSPS) is 21.4. The molecule has 0 amide bonds. The summed E-state index contributed by atoms with van der Waals surface area (Å²) in [5, 5.41) is 10.6. The quantitative estimate of drug-likeness (QED) is 0.911. The molecule has 2 rings (SSSR count). The van der Waals surface area contributed by atoms with Crippen LogP contribution in [0.1, 0.15) is 31.4 Å². The van der Waals surface area contributed by atoms with Gasteiger partial charge in [0.25, 0.3) is 0 Å². The van der Waals surface area contributed by atoms with Gasteiger partial charge in [-0.25, -0.2) is 0 Å². The van der Waals surface area contributed by atoms with Gasteiger partial charge in [0, 0.05) is 29.8 Å². The van der Waals surface area contributed by atoms with Gasteiger partial charge in [-0.05, 0) is 45.0 Å². The van der Waals surface area contributed by atoms with Gasteiger partial charge in [0.15, 0.2) is 0 Å². The summed E-state index contributed by atoms with van der Waals surface area (Å²) < 4.78 is 5.63. The van der Waals surface area contributed by atoms with Crippen LogP contribution >= 0.6 is 11.6 Å². The minimum absolute atomic E-state index is 0.118. The monoisotopic (exact) mass is 269 g/mol. The van der Waals surface area contributed by atoms with Gasteiger partial charge in [-0.15, -0.1) is 0 Å². The third-order valence-electron chi connectivity index (χ3n) is 3.62. The van der Waals surface area contributed by atoms with E-state index in [4.69, 9.17) is 16.3 Å². The van der Waals surface area contributed by atoms with E-state index >= 15 is 0 Å². The number of phenolic OH excluding ortho intramolecular Hbond substituents is 1. The lowest BCUT2D eigenvalue weighted by atomic mass is 10.1. The average molecular weight is 270 g/mol. The van der Waals surface area contributed by atoms with Crippen LogP contribution in [-0.2, 0) is 4.74 Å². The molecule has 1 fully saturated rings. The van der Waals surface area contributed by atoms with Crippen LogP contribution < -0.4 is 0 Å². The van der Waals surface area contributed by atoms with E-state index in [1.807, 2.05) is 13.1 Å². The maximum absolute atomic E-state index is 9.90. The summed E-state index contributed by atoms with van der Waals surface area (Å²) in [4.78, 5) is 2.20. The number of nitrogens with zero attached hydrogens (tertiary/aromatic N) is 1. The zero-order chi connectivity index (χ0) is 13.1. The standard InChI is InChI=1S/C14H20ClNO2/c1-10(13-8-11(15)5-6-14(13)17)16(2)9-12-4-3-7-18-12/h5-6,8,10,12,17H,3-4,7,9H2,1-2H3. The third kappa shape index (κ3) is 3.16. The minimum atomic E-state index is 0.118. The average Bonchev–Trinajstić information content (AvgIpc) is 2.84. The van der Waals surface area contributed by atoms with Crippen molar-refractivity contribution in [1.29, 1.82) is 0 Å². The number of hydrogen-bond acceptors (Lipinski definition) is 3. The predicted molar refractivity (Wildman–Crippen MR) is 73.1 cm³/mol. The Kier molecular flexibility index (Phi) is 4.49. The summed E-state index contributed by atoms with van der Waals surface area (Å²) in [6, 6.07) is 5.29. The Morgan fingerprint density at radius 3 is 3.00 bits per heavy atom. The van der Waals surface area contributed by atoms with E-state index in [-0.39, 0.29) is 6.04 Å². The van der Waals surface area contributed by atoms with Crippen molar-refractivity contribution in [2.24, 2.45) is 0 Å². The highest BCUT2D eigenvalue weighted by atomic mass is 35.5. The van der Waals surface area contributed by atoms with E-state index in [2.05, 4.69) is 11.8 Å². The Bertz CT molecular complexity index is 405. The molecule has 0 saturated carbocycles. The lowest BCUT2D eigenvalue weighted by Gasteiger charge is -2.28. The van der Waals surface area contributed by atoms with E-state index in [1.54, 1.807) is 12.1 Å². The highest BCUT2D eigenvalue weighted by molar-refractivity contribution is 6.30. The summed E-state index contributed by atoms with van der Waals surface area (Å²) in [5.74, 6) is 0.297. The van der Waals surface area contributed by atoms with Crippen LogP contribution in [0.25, 0.3) is 0 Å². The fourth-order valence-corrected chi connectivity index (χ4v) is 2.55. The van der Waals surface area contributed by atoms with Crippen molar-refractivity contribution in [3.05, 3.63) is 28.8 Å². The van der Waals surface area contributed by atoms with Gasteiger partial charge in [0.1, 0.15) is 5.75 Å². The van der Waals surface area contributed by atoms with Gasteiger partial charge in [0.2, 0.25) is 0 Å². The number of phenols is 1. The van der Waals surface area contributed by atoms with Gasteiger partial charge in [-0.3, -0.25) is 4.90 Å². The molecule has 0 aliphatic carbocycles. The molecule has 1 aliphatic heterocycles. The Morgan fingerprint density at radius 2 is 2.33 bits per heavy atom. The minimum Gasteiger partial charge on any atom is -0.508 e. The summed E-state index contributed by atoms with van der Waals surface area (Å²) in [6.45, 7) is 3.82. The van der Waals surface area contributed by atoms with Crippen molar-refractivity contribution in [1.82, 2.24) is 4.90 Å². The molecule has 100 valence electrons. The molecule has 2 unspecified atom stereocenters. The third-order valence-corrected chi connectivity index (χ3v) is 3.85. The maximum Gasteiger partial charge on any atom is 0.120 e. The summed E-state index contributed by atoms with van der Waals surface area (Å²) in [7, 11) is 2.05. The first kappa shape index (κ1) is 13.7. The molecule has 1 aromatic carbocycles. The second-order valence-corrected chi connectivity index (χ2v) is 5.39. The first-order valence-corrected chi connectivity index (χ1v) is 6.76. The van der Waals surface area contributed by atoms with Gasteiger partial charge < -0.3 is 9.84 Å². The van der Waals surface area contributed by atoms with E-state index in [9.17, 15) is 5.11 Å². The fraction of sp³-hybridized carbons (Fsp3) is 0.571. The van der Waals surface area contributed by atoms with E-state index in [0.29, 0.717) is 16.9 Å². The molecule has 18 heavy (non-hydrogen) atoms. The van der Waals surface area contributed by atoms with Gasteiger partial charge in [-0.1, -0.05) is 11.6 Å². The van der Waals surface area contributed by atoms with Crippen LogP contribution in [0, 0.1) is 0 Å². The lowest BCUT2D eigenvalue weighted by Crippen LogP contribution is -2.31. The van der Waals surface area contributed by atoms with Crippen molar-refractivity contribution >= 4 is 11.6 Å². The first-order valence-electron chi connectivity index (χ1n) is 6.38.